The molecule has 0 atom stereocenters. The molecule has 0 fully saturated rings. The van der Waals surface area contributed by atoms with Crippen LogP contribution in [0.2, 0.25) is 10.0 Å². The summed E-state index contributed by atoms with van der Waals surface area (Å²) in [5.41, 5.74) is 6.82. The fourth-order valence-corrected chi connectivity index (χ4v) is 2.27. The summed E-state index contributed by atoms with van der Waals surface area (Å²) in [6.45, 7) is 0.129. The summed E-state index contributed by atoms with van der Waals surface area (Å²) in [6, 6.07) is 6.75. The monoisotopic (exact) mass is 339 g/mol. The summed E-state index contributed by atoms with van der Waals surface area (Å²) in [7, 11) is 3.31. The quantitative estimate of drug-likeness (QED) is 0.928. The second-order valence-electron chi connectivity index (χ2n) is 4.80. The van der Waals surface area contributed by atoms with Gasteiger partial charge in [-0.3, -0.25) is 4.79 Å². The van der Waals surface area contributed by atoms with Crippen molar-refractivity contribution in [3.8, 4) is 5.75 Å². The van der Waals surface area contributed by atoms with Gasteiger partial charge in [-0.1, -0.05) is 29.3 Å². The number of hydrogen-bond acceptors (Lipinski definition) is 4. The summed E-state index contributed by atoms with van der Waals surface area (Å²) < 4.78 is 5.63. The first-order chi connectivity index (χ1) is 10.4. The Labute approximate surface area is 138 Å². The molecular weight excluding hydrogens is 325 g/mol. The summed E-state index contributed by atoms with van der Waals surface area (Å²) >= 11 is 12.2. The molecule has 1 amide bonds. The van der Waals surface area contributed by atoms with E-state index in [-0.39, 0.29) is 18.3 Å². The number of ether oxygens (including phenoxy) is 1. The van der Waals surface area contributed by atoms with E-state index in [4.69, 9.17) is 33.7 Å². The Bertz CT molecular complexity index is 685. The van der Waals surface area contributed by atoms with Gasteiger partial charge in [-0.05, 0) is 18.2 Å². The lowest BCUT2D eigenvalue weighted by atomic mass is 10.2. The molecule has 0 aliphatic carbocycles. The molecule has 1 aromatic heterocycles. The molecule has 0 aliphatic rings. The Kier molecular flexibility index (Phi) is 5.11. The Hall–Kier alpha value is -1.98. The van der Waals surface area contributed by atoms with Crippen molar-refractivity contribution >= 4 is 34.9 Å². The molecule has 0 aliphatic heterocycles. The second-order valence-corrected chi connectivity index (χ2v) is 5.61. The number of nitrogens with zero attached hydrogens (tertiary/aromatic N) is 2. The topological polar surface area (TPSA) is 68.5 Å². The lowest BCUT2D eigenvalue weighted by Gasteiger charge is -2.13. The molecule has 2 aromatic rings. The van der Waals surface area contributed by atoms with Gasteiger partial charge < -0.3 is 15.4 Å². The molecule has 1 aromatic carbocycles. The van der Waals surface area contributed by atoms with Gasteiger partial charge in [0, 0.05) is 35.9 Å². The Morgan fingerprint density at radius 2 is 1.95 bits per heavy atom. The molecule has 0 bridgehead atoms. The van der Waals surface area contributed by atoms with Gasteiger partial charge in [0.05, 0.1) is 5.56 Å². The maximum atomic E-state index is 11.9. The molecule has 116 valence electrons. The Morgan fingerprint density at radius 1 is 1.32 bits per heavy atom. The normalized spacial score (nSPS) is 10.4. The van der Waals surface area contributed by atoms with Gasteiger partial charge in [0.25, 0.3) is 5.91 Å². The maximum absolute atomic E-state index is 11.9. The standard InChI is InChI=1S/C15H15Cl2N3O2/c1-20(2)15(21)9-6-13(14(18)19-7-9)22-8-10-11(16)4-3-5-12(10)17/h3-7H,8H2,1-2H3,(H2,18,19). The summed E-state index contributed by atoms with van der Waals surface area (Å²) in [4.78, 5) is 17.4. The third kappa shape index (κ3) is 3.61. The molecule has 0 saturated heterocycles. The van der Waals surface area contributed by atoms with Crippen molar-refractivity contribution in [1.29, 1.82) is 0 Å². The van der Waals surface area contributed by atoms with Crippen LogP contribution in [-0.2, 0) is 6.61 Å². The number of anilines is 1. The fourth-order valence-electron chi connectivity index (χ4n) is 1.77. The average Bonchev–Trinajstić information content (AvgIpc) is 2.47. The number of benzene rings is 1. The van der Waals surface area contributed by atoms with Crippen LogP contribution in [0.1, 0.15) is 15.9 Å². The molecule has 0 saturated carbocycles. The number of rotatable bonds is 4. The number of carbonyl (C=O) groups is 1. The first-order valence-corrected chi connectivity index (χ1v) is 7.18. The van der Waals surface area contributed by atoms with Gasteiger partial charge in [0.15, 0.2) is 11.6 Å². The van der Waals surface area contributed by atoms with Crippen molar-refractivity contribution in [2.45, 2.75) is 6.61 Å². The van der Waals surface area contributed by atoms with E-state index in [2.05, 4.69) is 4.98 Å². The zero-order valence-corrected chi connectivity index (χ0v) is 13.6. The summed E-state index contributed by atoms with van der Waals surface area (Å²) in [5.74, 6) is 0.315. The van der Waals surface area contributed by atoms with E-state index in [0.29, 0.717) is 26.9 Å². The minimum atomic E-state index is -0.187. The Morgan fingerprint density at radius 3 is 2.55 bits per heavy atom. The fraction of sp³-hybridized carbons (Fsp3) is 0.200. The van der Waals surface area contributed by atoms with Gasteiger partial charge in [0.2, 0.25) is 0 Å². The number of aromatic nitrogens is 1. The highest BCUT2D eigenvalue weighted by Crippen LogP contribution is 2.27. The number of carbonyl (C=O) groups excluding carboxylic acids is 1. The number of pyridine rings is 1. The van der Waals surface area contributed by atoms with Crippen LogP contribution in [-0.4, -0.2) is 29.9 Å². The van der Waals surface area contributed by atoms with Crippen molar-refractivity contribution in [3.05, 3.63) is 51.6 Å². The molecule has 1 heterocycles. The van der Waals surface area contributed by atoms with Crippen LogP contribution < -0.4 is 10.5 Å². The number of nitrogens with two attached hydrogens (primary N) is 1. The van der Waals surface area contributed by atoms with E-state index in [1.54, 1.807) is 38.4 Å². The van der Waals surface area contributed by atoms with Crippen LogP contribution in [0.15, 0.2) is 30.5 Å². The molecule has 0 unspecified atom stereocenters. The lowest BCUT2D eigenvalue weighted by Crippen LogP contribution is -2.22. The highest BCUT2D eigenvalue weighted by atomic mass is 35.5. The van der Waals surface area contributed by atoms with Crippen molar-refractivity contribution in [3.63, 3.8) is 0 Å². The zero-order valence-electron chi connectivity index (χ0n) is 12.1. The summed E-state index contributed by atoms with van der Waals surface area (Å²) in [5, 5.41) is 0.999. The van der Waals surface area contributed by atoms with E-state index in [1.165, 1.54) is 11.1 Å². The van der Waals surface area contributed by atoms with Gasteiger partial charge in [-0.25, -0.2) is 4.98 Å². The highest BCUT2D eigenvalue weighted by Gasteiger charge is 2.13. The molecule has 2 rings (SSSR count). The van der Waals surface area contributed by atoms with Crippen LogP contribution in [0.25, 0.3) is 0 Å². The van der Waals surface area contributed by atoms with Gasteiger partial charge in [0.1, 0.15) is 6.61 Å². The van der Waals surface area contributed by atoms with Crippen molar-refractivity contribution in [1.82, 2.24) is 9.88 Å². The lowest BCUT2D eigenvalue weighted by molar-refractivity contribution is 0.0826. The first kappa shape index (κ1) is 16.4. The van der Waals surface area contributed by atoms with Gasteiger partial charge in [-0.15, -0.1) is 0 Å². The first-order valence-electron chi connectivity index (χ1n) is 6.43. The van der Waals surface area contributed by atoms with E-state index < -0.39 is 0 Å². The largest absolute Gasteiger partial charge is 0.485 e. The van der Waals surface area contributed by atoms with Crippen LogP contribution >= 0.6 is 23.2 Å². The molecule has 0 spiro atoms. The van der Waals surface area contributed by atoms with Crippen molar-refractivity contribution < 1.29 is 9.53 Å². The molecular formula is C15H15Cl2N3O2. The smallest absolute Gasteiger partial charge is 0.255 e. The van der Waals surface area contributed by atoms with Crippen LogP contribution in [0.3, 0.4) is 0 Å². The number of halogens is 2. The minimum Gasteiger partial charge on any atom is -0.485 e. The number of amides is 1. The summed E-state index contributed by atoms with van der Waals surface area (Å²) in [6.07, 6.45) is 1.41. The van der Waals surface area contributed by atoms with Crippen molar-refractivity contribution in [2.75, 3.05) is 19.8 Å². The minimum absolute atomic E-state index is 0.129. The molecule has 7 heteroatoms. The predicted molar refractivity (Wildman–Crippen MR) is 87.5 cm³/mol. The van der Waals surface area contributed by atoms with E-state index in [1.807, 2.05) is 0 Å². The Balaban J connectivity index is 2.23. The maximum Gasteiger partial charge on any atom is 0.255 e. The zero-order chi connectivity index (χ0) is 16.3. The van der Waals surface area contributed by atoms with Crippen molar-refractivity contribution in [2.24, 2.45) is 0 Å². The van der Waals surface area contributed by atoms with Crippen LogP contribution in [0.4, 0.5) is 5.82 Å². The predicted octanol–water partition coefficient (Wildman–Crippen LogP) is 3.25. The third-order valence-electron chi connectivity index (χ3n) is 2.97. The molecule has 0 radical (unpaired) electrons. The second kappa shape index (κ2) is 6.85. The number of hydrogen-bond donors (Lipinski definition) is 1. The highest BCUT2D eigenvalue weighted by molar-refractivity contribution is 6.35. The van der Waals surface area contributed by atoms with Crippen LogP contribution in [0.5, 0.6) is 5.75 Å². The number of nitrogen functional groups attached to an aromatic ring is 1. The molecule has 22 heavy (non-hydrogen) atoms. The van der Waals surface area contributed by atoms with Gasteiger partial charge >= 0.3 is 0 Å². The van der Waals surface area contributed by atoms with Gasteiger partial charge in [-0.2, -0.15) is 0 Å². The van der Waals surface area contributed by atoms with Crippen LogP contribution in [0, 0.1) is 0 Å². The average molecular weight is 340 g/mol. The van der Waals surface area contributed by atoms with E-state index in [9.17, 15) is 4.79 Å². The third-order valence-corrected chi connectivity index (χ3v) is 3.68. The van der Waals surface area contributed by atoms with E-state index >= 15 is 0 Å². The van der Waals surface area contributed by atoms with E-state index in [0.717, 1.165) is 0 Å². The molecule has 2 N–H and O–H groups in total. The molecule has 5 nitrogen and oxygen atoms in total. The SMILES string of the molecule is CN(C)C(=O)c1cnc(N)c(OCc2c(Cl)cccc2Cl)c1.